The van der Waals surface area contributed by atoms with Gasteiger partial charge in [-0.15, -0.1) is 0 Å². The van der Waals surface area contributed by atoms with E-state index in [0.29, 0.717) is 12.2 Å². The Hall–Kier alpha value is -1.74. The van der Waals surface area contributed by atoms with Crippen LogP contribution in [0.25, 0.3) is 0 Å². The number of hydrogen-bond acceptors (Lipinski definition) is 3. The number of hydrogen-bond donors (Lipinski definition) is 1. The Kier molecular flexibility index (Phi) is 4.78. The number of benzene rings is 1. The number of nitriles is 1. The Morgan fingerprint density at radius 2 is 2.00 bits per heavy atom. The fourth-order valence-electron chi connectivity index (χ4n) is 1.80. The number of rotatable bonds is 4. The molecule has 6 heteroatoms. The SMILES string of the molecule is CC(CN(C)C)Nc1ccc(C(F)(F)F)cc1C#N. The van der Waals surface area contributed by atoms with Gasteiger partial charge in [0.15, 0.2) is 0 Å². The molecule has 0 aliphatic carbocycles. The van der Waals surface area contributed by atoms with E-state index in [-0.39, 0.29) is 11.6 Å². The molecule has 1 rings (SSSR count). The van der Waals surface area contributed by atoms with Gasteiger partial charge in [0.2, 0.25) is 0 Å². The van der Waals surface area contributed by atoms with Gasteiger partial charge in [-0.25, -0.2) is 0 Å². The van der Waals surface area contributed by atoms with Gasteiger partial charge in [0.25, 0.3) is 0 Å². The highest BCUT2D eigenvalue weighted by Crippen LogP contribution is 2.31. The summed E-state index contributed by atoms with van der Waals surface area (Å²) in [4.78, 5) is 1.95. The largest absolute Gasteiger partial charge is 0.416 e. The van der Waals surface area contributed by atoms with E-state index in [1.54, 1.807) is 6.07 Å². The minimum Gasteiger partial charge on any atom is -0.380 e. The van der Waals surface area contributed by atoms with E-state index in [1.165, 1.54) is 6.07 Å². The molecule has 0 amide bonds. The maximum Gasteiger partial charge on any atom is 0.416 e. The van der Waals surface area contributed by atoms with Crippen LogP contribution in [0.2, 0.25) is 0 Å². The molecule has 0 aliphatic rings. The second kappa shape index (κ2) is 5.93. The summed E-state index contributed by atoms with van der Waals surface area (Å²) in [6.07, 6.45) is -4.43. The van der Waals surface area contributed by atoms with Crippen LogP contribution in [0.15, 0.2) is 18.2 Å². The first-order valence-corrected chi connectivity index (χ1v) is 5.76. The summed E-state index contributed by atoms with van der Waals surface area (Å²) in [5, 5.41) is 12.0. The second-order valence-electron chi connectivity index (χ2n) is 4.68. The predicted octanol–water partition coefficient (Wildman–Crippen LogP) is 2.94. The number of alkyl halides is 3. The van der Waals surface area contributed by atoms with Gasteiger partial charge >= 0.3 is 6.18 Å². The third-order valence-corrected chi connectivity index (χ3v) is 2.51. The first-order chi connectivity index (χ1) is 8.74. The molecule has 0 heterocycles. The number of nitrogens with one attached hydrogen (secondary N) is 1. The molecule has 0 saturated heterocycles. The van der Waals surface area contributed by atoms with Crippen LogP contribution in [-0.4, -0.2) is 31.6 Å². The normalized spacial score (nSPS) is 13.2. The van der Waals surface area contributed by atoms with E-state index in [2.05, 4.69) is 5.32 Å². The molecule has 0 spiro atoms. The van der Waals surface area contributed by atoms with Crippen LogP contribution >= 0.6 is 0 Å². The molecule has 0 saturated carbocycles. The summed E-state index contributed by atoms with van der Waals surface area (Å²) < 4.78 is 37.6. The number of nitrogens with zero attached hydrogens (tertiary/aromatic N) is 2. The van der Waals surface area contributed by atoms with Crippen LogP contribution in [0, 0.1) is 11.3 Å². The number of anilines is 1. The van der Waals surface area contributed by atoms with Crippen molar-refractivity contribution in [2.75, 3.05) is 26.0 Å². The van der Waals surface area contributed by atoms with Gasteiger partial charge in [-0.2, -0.15) is 18.4 Å². The van der Waals surface area contributed by atoms with Gasteiger partial charge in [0, 0.05) is 12.6 Å². The molecule has 1 aromatic rings. The van der Waals surface area contributed by atoms with Crippen molar-refractivity contribution in [2.24, 2.45) is 0 Å². The third kappa shape index (κ3) is 4.45. The smallest absolute Gasteiger partial charge is 0.380 e. The van der Waals surface area contributed by atoms with Crippen molar-refractivity contribution in [1.82, 2.24) is 4.90 Å². The Bertz CT molecular complexity index is 475. The highest BCUT2D eigenvalue weighted by Gasteiger charge is 2.31. The third-order valence-electron chi connectivity index (χ3n) is 2.51. The van der Waals surface area contributed by atoms with Gasteiger partial charge in [-0.3, -0.25) is 0 Å². The van der Waals surface area contributed by atoms with Gasteiger partial charge in [0.1, 0.15) is 6.07 Å². The fraction of sp³-hybridized carbons (Fsp3) is 0.462. The molecule has 1 aromatic carbocycles. The molecular formula is C13H16F3N3. The van der Waals surface area contributed by atoms with Gasteiger partial charge in [-0.1, -0.05) is 0 Å². The molecule has 0 fully saturated rings. The summed E-state index contributed by atoms with van der Waals surface area (Å²) in [6, 6.07) is 4.96. The topological polar surface area (TPSA) is 39.1 Å². The fourth-order valence-corrected chi connectivity index (χ4v) is 1.80. The molecule has 0 radical (unpaired) electrons. The molecule has 0 aromatic heterocycles. The zero-order chi connectivity index (χ0) is 14.6. The minimum atomic E-state index is -4.43. The first kappa shape index (κ1) is 15.3. The van der Waals surface area contributed by atoms with Crippen molar-refractivity contribution in [3.8, 4) is 6.07 Å². The first-order valence-electron chi connectivity index (χ1n) is 5.76. The molecular weight excluding hydrogens is 255 g/mol. The molecule has 0 bridgehead atoms. The molecule has 19 heavy (non-hydrogen) atoms. The monoisotopic (exact) mass is 271 g/mol. The summed E-state index contributed by atoms with van der Waals surface area (Å²) in [7, 11) is 3.80. The lowest BCUT2D eigenvalue weighted by molar-refractivity contribution is -0.137. The average Bonchev–Trinajstić information content (AvgIpc) is 2.26. The van der Waals surface area contributed by atoms with Crippen LogP contribution < -0.4 is 5.32 Å². The van der Waals surface area contributed by atoms with E-state index in [0.717, 1.165) is 12.1 Å². The van der Waals surface area contributed by atoms with E-state index in [4.69, 9.17) is 5.26 Å². The zero-order valence-electron chi connectivity index (χ0n) is 11.0. The van der Waals surface area contributed by atoms with Crippen molar-refractivity contribution < 1.29 is 13.2 Å². The standard InChI is InChI=1S/C13H16F3N3/c1-9(8-19(2)3)18-12-5-4-11(13(14,15)16)6-10(12)7-17/h4-6,9,18H,8H2,1-3H3. The Morgan fingerprint density at radius 3 is 2.47 bits per heavy atom. The Balaban J connectivity index is 2.95. The summed E-state index contributed by atoms with van der Waals surface area (Å²) in [5.74, 6) is 0. The van der Waals surface area contributed by atoms with Crippen LogP contribution in [0.1, 0.15) is 18.1 Å². The van der Waals surface area contributed by atoms with Crippen LogP contribution in [0.5, 0.6) is 0 Å². The van der Waals surface area contributed by atoms with E-state index in [9.17, 15) is 13.2 Å². The van der Waals surface area contributed by atoms with Crippen molar-refractivity contribution >= 4 is 5.69 Å². The van der Waals surface area contributed by atoms with Gasteiger partial charge in [0.05, 0.1) is 16.8 Å². The van der Waals surface area contributed by atoms with E-state index >= 15 is 0 Å². The predicted molar refractivity (Wildman–Crippen MR) is 67.8 cm³/mol. The maximum atomic E-state index is 12.5. The highest BCUT2D eigenvalue weighted by molar-refractivity contribution is 5.59. The molecule has 1 unspecified atom stereocenters. The Labute approximate surface area is 110 Å². The maximum absolute atomic E-state index is 12.5. The van der Waals surface area contributed by atoms with Crippen LogP contribution in [0.4, 0.5) is 18.9 Å². The van der Waals surface area contributed by atoms with E-state index in [1.807, 2.05) is 25.9 Å². The molecule has 3 nitrogen and oxygen atoms in total. The number of likely N-dealkylation sites (N-methyl/N-ethyl adjacent to an activating group) is 1. The summed E-state index contributed by atoms with van der Waals surface area (Å²) in [6.45, 7) is 2.62. The lowest BCUT2D eigenvalue weighted by Crippen LogP contribution is -2.29. The second-order valence-corrected chi connectivity index (χ2v) is 4.68. The van der Waals surface area contributed by atoms with Crippen molar-refractivity contribution in [2.45, 2.75) is 19.1 Å². The average molecular weight is 271 g/mol. The molecule has 0 aliphatic heterocycles. The zero-order valence-corrected chi connectivity index (χ0v) is 11.0. The van der Waals surface area contributed by atoms with Crippen LogP contribution in [0.3, 0.4) is 0 Å². The highest BCUT2D eigenvalue weighted by atomic mass is 19.4. The van der Waals surface area contributed by atoms with Crippen molar-refractivity contribution in [1.29, 1.82) is 5.26 Å². The van der Waals surface area contributed by atoms with Gasteiger partial charge in [-0.05, 0) is 39.2 Å². The summed E-state index contributed by atoms with van der Waals surface area (Å²) >= 11 is 0. The van der Waals surface area contributed by atoms with Crippen LogP contribution in [-0.2, 0) is 6.18 Å². The van der Waals surface area contributed by atoms with Crippen molar-refractivity contribution in [3.63, 3.8) is 0 Å². The van der Waals surface area contributed by atoms with E-state index < -0.39 is 11.7 Å². The number of halogens is 3. The summed E-state index contributed by atoms with van der Waals surface area (Å²) in [5.41, 5.74) is -0.389. The Morgan fingerprint density at radius 1 is 1.37 bits per heavy atom. The minimum absolute atomic E-state index is 0.000399. The quantitative estimate of drug-likeness (QED) is 0.915. The molecule has 1 atom stereocenters. The molecule has 1 N–H and O–H groups in total. The van der Waals surface area contributed by atoms with Gasteiger partial charge < -0.3 is 10.2 Å². The lowest BCUT2D eigenvalue weighted by atomic mass is 10.1. The van der Waals surface area contributed by atoms with Crippen molar-refractivity contribution in [3.05, 3.63) is 29.3 Å². The lowest BCUT2D eigenvalue weighted by Gasteiger charge is -2.20. The molecule has 104 valence electrons.